The molecule has 3 nitrogen and oxygen atoms in total. The molecule has 0 atom stereocenters. The van der Waals surface area contributed by atoms with Gasteiger partial charge in [0.2, 0.25) is 0 Å². The third kappa shape index (κ3) is 4.39. The second-order valence-electron chi connectivity index (χ2n) is 6.13. The van der Waals surface area contributed by atoms with Crippen LogP contribution in [0.2, 0.25) is 0 Å². The molecule has 1 aliphatic heterocycles. The molecule has 25 heavy (non-hydrogen) atoms. The van der Waals surface area contributed by atoms with Crippen LogP contribution in [0, 0.1) is 0 Å². The van der Waals surface area contributed by atoms with Crippen LogP contribution in [0.5, 0.6) is 0 Å². The zero-order valence-electron chi connectivity index (χ0n) is 13.7. The summed E-state index contributed by atoms with van der Waals surface area (Å²) in [5.74, 6) is 0.0229. The zero-order chi connectivity index (χ0) is 17.9. The summed E-state index contributed by atoms with van der Waals surface area (Å²) in [6, 6.07) is 14.4. The lowest BCUT2D eigenvalue weighted by molar-refractivity contribution is -0.137. The summed E-state index contributed by atoms with van der Waals surface area (Å²) in [4.78, 5) is 16.4. The van der Waals surface area contributed by atoms with Crippen LogP contribution in [0.1, 0.15) is 21.5 Å². The van der Waals surface area contributed by atoms with Gasteiger partial charge in [-0.1, -0.05) is 30.3 Å². The number of carbonyl (C=O) groups excluding carboxylic acids is 1. The molecule has 0 aromatic heterocycles. The van der Waals surface area contributed by atoms with Gasteiger partial charge in [0.25, 0.3) is 5.91 Å². The molecule has 0 saturated carbocycles. The summed E-state index contributed by atoms with van der Waals surface area (Å²) < 4.78 is 37.8. The van der Waals surface area contributed by atoms with Crippen molar-refractivity contribution in [1.82, 2.24) is 9.80 Å². The summed E-state index contributed by atoms with van der Waals surface area (Å²) in [6.07, 6.45) is -4.30. The van der Waals surface area contributed by atoms with Crippen LogP contribution in [-0.2, 0) is 12.7 Å². The summed E-state index contributed by atoms with van der Waals surface area (Å²) in [6.45, 7) is 3.24. The largest absolute Gasteiger partial charge is 0.416 e. The highest BCUT2D eigenvalue weighted by Crippen LogP contribution is 2.29. The van der Waals surface area contributed by atoms with Gasteiger partial charge in [-0.2, -0.15) is 13.2 Å². The molecule has 1 amide bonds. The molecule has 3 rings (SSSR count). The molecule has 2 aromatic carbocycles. The molecule has 1 aliphatic rings. The third-order valence-corrected chi connectivity index (χ3v) is 4.37. The fourth-order valence-corrected chi connectivity index (χ4v) is 2.93. The van der Waals surface area contributed by atoms with Crippen LogP contribution in [0.4, 0.5) is 13.2 Å². The smallest absolute Gasteiger partial charge is 0.336 e. The SMILES string of the molecule is O=C(c1ccccc1)N1CCN(Cc2ccc(C(F)(F)F)cc2)CC1. The average Bonchev–Trinajstić information content (AvgIpc) is 2.62. The van der Waals surface area contributed by atoms with E-state index in [0.717, 1.165) is 17.7 Å². The quantitative estimate of drug-likeness (QED) is 0.845. The molecule has 132 valence electrons. The van der Waals surface area contributed by atoms with Gasteiger partial charge in [0.1, 0.15) is 0 Å². The van der Waals surface area contributed by atoms with Gasteiger partial charge in [-0.15, -0.1) is 0 Å². The van der Waals surface area contributed by atoms with Crippen molar-refractivity contribution in [3.05, 3.63) is 71.3 Å². The topological polar surface area (TPSA) is 23.6 Å². The third-order valence-electron chi connectivity index (χ3n) is 4.37. The van der Waals surface area contributed by atoms with Crippen molar-refractivity contribution in [1.29, 1.82) is 0 Å². The minimum atomic E-state index is -4.30. The normalized spacial score (nSPS) is 16.0. The molecule has 0 spiro atoms. The van der Waals surface area contributed by atoms with E-state index in [1.165, 1.54) is 12.1 Å². The molecule has 6 heteroatoms. The number of piperazine rings is 1. The lowest BCUT2D eigenvalue weighted by atomic mass is 10.1. The number of carbonyl (C=O) groups is 1. The molecule has 1 heterocycles. The number of halogens is 3. The molecule has 0 aliphatic carbocycles. The van der Waals surface area contributed by atoms with Gasteiger partial charge >= 0.3 is 6.18 Å². The van der Waals surface area contributed by atoms with Crippen molar-refractivity contribution >= 4 is 5.91 Å². The van der Waals surface area contributed by atoms with E-state index in [1.54, 1.807) is 12.1 Å². The maximum Gasteiger partial charge on any atom is 0.416 e. The Kier molecular flexibility index (Phi) is 5.08. The van der Waals surface area contributed by atoms with Crippen molar-refractivity contribution in [2.24, 2.45) is 0 Å². The summed E-state index contributed by atoms with van der Waals surface area (Å²) >= 11 is 0. The van der Waals surface area contributed by atoms with Crippen molar-refractivity contribution in [3.8, 4) is 0 Å². The molecular weight excluding hydrogens is 329 g/mol. The van der Waals surface area contributed by atoms with E-state index >= 15 is 0 Å². The van der Waals surface area contributed by atoms with Crippen molar-refractivity contribution < 1.29 is 18.0 Å². The number of alkyl halides is 3. The highest BCUT2D eigenvalue weighted by Gasteiger charge is 2.30. The lowest BCUT2D eigenvalue weighted by Gasteiger charge is -2.34. The summed E-state index contributed by atoms with van der Waals surface area (Å²) in [5.41, 5.74) is 0.893. The Labute approximate surface area is 144 Å². The fourth-order valence-electron chi connectivity index (χ4n) is 2.93. The summed E-state index contributed by atoms with van der Waals surface area (Å²) in [7, 11) is 0. The van der Waals surface area contributed by atoms with Gasteiger partial charge in [0, 0.05) is 38.3 Å². The Bertz CT molecular complexity index is 706. The van der Waals surface area contributed by atoms with Gasteiger partial charge in [-0.05, 0) is 29.8 Å². The molecule has 0 radical (unpaired) electrons. The van der Waals surface area contributed by atoms with Gasteiger partial charge in [-0.3, -0.25) is 9.69 Å². The molecule has 0 N–H and O–H groups in total. The zero-order valence-corrected chi connectivity index (χ0v) is 13.7. The number of rotatable bonds is 3. The molecule has 1 fully saturated rings. The molecule has 0 bridgehead atoms. The Morgan fingerprint density at radius 1 is 0.880 bits per heavy atom. The summed E-state index contributed by atoms with van der Waals surface area (Å²) in [5, 5.41) is 0. The monoisotopic (exact) mass is 348 g/mol. The van der Waals surface area contributed by atoms with E-state index in [0.29, 0.717) is 38.3 Å². The maximum absolute atomic E-state index is 12.6. The Morgan fingerprint density at radius 3 is 2.04 bits per heavy atom. The van der Waals surface area contributed by atoms with E-state index in [4.69, 9.17) is 0 Å². The number of hydrogen-bond acceptors (Lipinski definition) is 2. The average molecular weight is 348 g/mol. The van der Waals surface area contributed by atoms with Crippen molar-refractivity contribution in [2.75, 3.05) is 26.2 Å². The lowest BCUT2D eigenvalue weighted by Crippen LogP contribution is -2.48. The van der Waals surface area contributed by atoms with Crippen LogP contribution in [0.3, 0.4) is 0 Å². The Hall–Kier alpha value is -2.34. The first-order valence-electron chi connectivity index (χ1n) is 8.16. The molecule has 0 unspecified atom stereocenters. The van der Waals surface area contributed by atoms with E-state index in [1.807, 2.05) is 23.1 Å². The first kappa shape index (κ1) is 17.5. The fraction of sp³-hybridized carbons (Fsp3) is 0.316. The van der Waals surface area contributed by atoms with Crippen molar-refractivity contribution in [3.63, 3.8) is 0 Å². The van der Waals surface area contributed by atoms with Gasteiger partial charge in [-0.25, -0.2) is 0 Å². The van der Waals surface area contributed by atoms with Gasteiger partial charge in [0.05, 0.1) is 5.56 Å². The number of amides is 1. The number of nitrogens with zero attached hydrogens (tertiary/aromatic N) is 2. The van der Waals surface area contributed by atoms with Crippen molar-refractivity contribution in [2.45, 2.75) is 12.7 Å². The van der Waals surface area contributed by atoms with E-state index in [-0.39, 0.29) is 5.91 Å². The molecule has 1 saturated heterocycles. The van der Waals surface area contributed by atoms with Gasteiger partial charge in [0.15, 0.2) is 0 Å². The first-order valence-corrected chi connectivity index (χ1v) is 8.16. The first-order chi connectivity index (χ1) is 11.9. The Balaban J connectivity index is 1.53. The van der Waals surface area contributed by atoms with Crippen LogP contribution < -0.4 is 0 Å². The molecule has 2 aromatic rings. The van der Waals surface area contributed by atoms with E-state index < -0.39 is 11.7 Å². The predicted octanol–water partition coefficient (Wildman–Crippen LogP) is 3.66. The predicted molar refractivity (Wildman–Crippen MR) is 89.1 cm³/mol. The van der Waals surface area contributed by atoms with Crippen LogP contribution >= 0.6 is 0 Å². The highest BCUT2D eigenvalue weighted by atomic mass is 19.4. The standard InChI is InChI=1S/C19H19F3N2O/c20-19(21,22)17-8-6-15(7-9-17)14-23-10-12-24(13-11-23)18(25)16-4-2-1-3-5-16/h1-9H,10-14H2. The van der Waals surface area contributed by atoms with Crippen LogP contribution in [0.15, 0.2) is 54.6 Å². The minimum absolute atomic E-state index is 0.0229. The molecular formula is C19H19F3N2O. The van der Waals surface area contributed by atoms with E-state index in [9.17, 15) is 18.0 Å². The second-order valence-corrected chi connectivity index (χ2v) is 6.13. The van der Waals surface area contributed by atoms with Crippen LogP contribution in [-0.4, -0.2) is 41.9 Å². The van der Waals surface area contributed by atoms with Gasteiger partial charge < -0.3 is 4.90 Å². The van der Waals surface area contributed by atoms with E-state index in [2.05, 4.69) is 4.90 Å². The maximum atomic E-state index is 12.6. The minimum Gasteiger partial charge on any atom is -0.336 e. The Morgan fingerprint density at radius 2 is 1.48 bits per heavy atom. The second kappa shape index (κ2) is 7.27. The number of hydrogen-bond donors (Lipinski definition) is 0. The number of benzene rings is 2. The highest BCUT2D eigenvalue weighted by molar-refractivity contribution is 5.94. The van der Waals surface area contributed by atoms with Crippen LogP contribution in [0.25, 0.3) is 0 Å².